The Bertz CT molecular complexity index is 520. The zero-order chi connectivity index (χ0) is 13.0. The predicted octanol–water partition coefficient (Wildman–Crippen LogP) is 3.23. The molecule has 2 aromatic carbocycles. The molecule has 92 valence electrons. The number of rotatable bonds is 3. The molecule has 0 aromatic heterocycles. The first-order valence-corrected chi connectivity index (χ1v) is 5.86. The molecular weight excluding hydrogens is 250 g/mol. The third kappa shape index (κ3) is 3.02. The summed E-state index contributed by atoms with van der Waals surface area (Å²) >= 11 is 5.97. The van der Waals surface area contributed by atoms with Crippen LogP contribution in [0.2, 0.25) is 5.02 Å². The maximum atomic E-state index is 11.8. The van der Waals surface area contributed by atoms with Crippen LogP contribution < -0.4 is 5.32 Å². The molecule has 0 aliphatic heterocycles. The quantitative estimate of drug-likeness (QED) is 0.834. The molecule has 0 aliphatic rings. The van der Waals surface area contributed by atoms with Crippen molar-refractivity contribution in [1.82, 2.24) is 0 Å². The van der Waals surface area contributed by atoms with Gasteiger partial charge in [0.15, 0.2) is 0 Å². The Labute approximate surface area is 110 Å². The van der Waals surface area contributed by atoms with Crippen LogP contribution in [-0.4, -0.2) is 11.0 Å². The van der Waals surface area contributed by atoms with E-state index >= 15 is 0 Å². The average molecular weight is 262 g/mol. The molecular formula is C14H12ClNO2. The molecule has 1 amide bonds. The lowest BCUT2D eigenvalue weighted by atomic mass is 10.1. The van der Waals surface area contributed by atoms with Crippen molar-refractivity contribution in [3.63, 3.8) is 0 Å². The summed E-state index contributed by atoms with van der Waals surface area (Å²) in [7, 11) is 0. The van der Waals surface area contributed by atoms with E-state index in [9.17, 15) is 9.90 Å². The number of amides is 1. The number of phenols is 1. The topological polar surface area (TPSA) is 49.3 Å². The van der Waals surface area contributed by atoms with Crippen LogP contribution >= 0.6 is 11.6 Å². The summed E-state index contributed by atoms with van der Waals surface area (Å²) in [6.07, 6.45) is 0.175. The molecule has 0 fully saturated rings. The van der Waals surface area contributed by atoms with Gasteiger partial charge in [0.2, 0.25) is 5.91 Å². The number of nitrogens with one attached hydrogen (secondary N) is 1. The second-order valence-electron chi connectivity index (χ2n) is 3.83. The van der Waals surface area contributed by atoms with E-state index in [1.165, 1.54) is 6.07 Å². The smallest absolute Gasteiger partial charge is 0.228 e. The van der Waals surface area contributed by atoms with E-state index in [2.05, 4.69) is 5.32 Å². The molecule has 0 radical (unpaired) electrons. The molecule has 2 rings (SSSR count). The van der Waals surface area contributed by atoms with Gasteiger partial charge < -0.3 is 10.4 Å². The van der Waals surface area contributed by atoms with E-state index in [1.54, 1.807) is 30.3 Å². The van der Waals surface area contributed by atoms with Gasteiger partial charge >= 0.3 is 0 Å². The normalized spacial score (nSPS) is 10.1. The van der Waals surface area contributed by atoms with Crippen molar-refractivity contribution in [2.45, 2.75) is 6.42 Å². The van der Waals surface area contributed by atoms with E-state index < -0.39 is 0 Å². The SMILES string of the molecule is O=C(Cc1ccccc1Cl)Nc1ccccc1O. The van der Waals surface area contributed by atoms with Gasteiger partial charge in [0, 0.05) is 5.02 Å². The molecule has 0 saturated carbocycles. The van der Waals surface area contributed by atoms with E-state index in [4.69, 9.17) is 11.6 Å². The molecule has 0 unspecified atom stereocenters. The third-order valence-electron chi connectivity index (χ3n) is 2.49. The lowest BCUT2D eigenvalue weighted by Gasteiger charge is -2.07. The molecule has 0 atom stereocenters. The first-order valence-electron chi connectivity index (χ1n) is 5.48. The maximum Gasteiger partial charge on any atom is 0.228 e. The number of benzene rings is 2. The largest absolute Gasteiger partial charge is 0.506 e. The third-order valence-corrected chi connectivity index (χ3v) is 2.86. The predicted molar refractivity (Wildman–Crippen MR) is 71.9 cm³/mol. The highest BCUT2D eigenvalue weighted by Gasteiger charge is 2.08. The van der Waals surface area contributed by atoms with Gasteiger partial charge in [0.25, 0.3) is 0 Å². The van der Waals surface area contributed by atoms with Crippen LogP contribution in [0, 0.1) is 0 Å². The van der Waals surface area contributed by atoms with Crippen molar-refractivity contribution < 1.29 is 9.90 Å². The van der Waals surface area contributed by atoms with Crippen molar-refractivity contribution >= 4 is 23.2 Å². The number of carbonyl (C=O) groups excluding carboxylic acids is 1. The van der Waals surface area contributed by atoms with Crippen LogP contribution in [0.15, 0.2) is 48.5 Å². The fraction of sp³-hybridized carbons (Fsp3) is 0.0714. The lowest BCUT2D eigenvalue weighted by molar-refractivity contribution is -0.115. The first-order chi connectivity index (χ1) is 8.66. The number of carbonyl (C=O) groups is 1. The van der Waals surface area contributed by atoms with Gasteiger partial charge in [0.05, 0.1) is 12.1 Å². The Morgan fingerprint density at radius 3 is 2.50 bits per heavy atom. The Morgan fingerprint density at radius 1 is 1.11 bits per heavy atom. The molecule has 0 saturated heterocycles. The number of aromatic hydroxyl groups is 1. The van der Waals surface area contributed by atoms with Gasteiger partial charge in [-0.15, -0.1) is 0 Å². The second kappa shape index (κ2) is 5.56. The van der Waals surface area contributed by atoms with E-state index in [0.717, 1.165) is 5.56 Å². The molecule has 2 aromatic rings. The highest BCUT2D eigenvalue weighted by atomic mass is 35.5. The number of hydrogen-bond donors (Lipinski definition) is 2. The van der Waals surface area contributed by atoms with E-state index in [1.807, 2.05) is 12.1 Å². The van der Waals surface area contributed by atoms with Gasteiger partial charge in [-0.25, -0.2) is 0 Å². The van der Waals surface area contributed by atoms with Crippen LogP contribution in [0.4, 0.5) is 5.69 Å². The molecule has 0 aliphatic carbocycles. The van der Waals surface area contributed by atoms with Crippen molar-refractivity contribution in [3.05, 3.63) is 59.1 Å². The molecule has 2 N–H and O–H groups in total. The molecule has 0 bridgehead atoms. The molecule has 0 spiro atoms. The van der Waals surface area contributed by atoms with Gasteiger partial charge in [-0.2, -0.15) is 0 Å². The summed E-state index contributed by atoms with van der Waals surface area (Å²) in [5.41, 5.74) is 1.15. The van der Waals surface area contributed by atoms with Crippen LogP contribution in [-0.2, 0) is 11.2 Å². The van der Waals surface area contributed by atoms with Crippen molar-refractivity contribution in [1.29, 1.82) is 0 Å². The van der Waals surface area contributed by atoms with Crippen LogP contribution in [0.5, 0.6) is 5.75 Å². The monoisotopic (exact) mass is 261 g/mol. The Balaban J connectivity index is 2.06. The molecule has 18 heavy (non-hydrogen) atoms. The maximum absolute atomic E-state index is 11.8. The van der Waals surface area contributed by atoms with E-state index in [0.29, 0.717) is 10.7 Å². The highest BCUT2D eigenvalue weighted by molar-refractivity contribution is 6.31. The van der Waals surface area contributed by atoms with Crippen molar-refractivity contribution in [2.75, 3.05) is 5.32 Å². The summed E-state index contributed by atoms with van der Waals surface area (Å²) in [6, 6.07) is 13.8. The Hall–Kier alpha value is -2.00. The number of halogens is 1. The van der Waals surface area contributed by atoms with Crippen LogP contribution in [0.1, 0.15) is 5.56 Å². The Morgan fingerprint density at radius 2 is 1.78 bits per heavy atom. The Kier molecular flexibility index (Phi) is 3.85. The summed E-state index contributed by atoms with van der Waals surface area (Å²) in [5, 5.41) is 12.7. The minimum absolute atomic E-state index is 0.0463. The minimum Gasteiger partial charge on any atom is -0.506 e. The van der Waals surface area contributed by atoms with E-state index in [-0.39, 0.29) is 18.1 Å². The van der Waals surface area contributed by atoms with Gasteiger partial charge in [-0.05, 0) is 23.8 Å². The molecule has 4 heteroatoms. The van der Waals surface area contributed by atoms with Crippen molar-refractivity contribution in [3.8, 4) is 5.75 Å². The van der Waals surface area contributed by atoms with Gasteiger partial charge in [-0.1, -0.05) is 41.9 Å². The molecule has 0 heterocycles. The average Bonchev–Trinajstić information content (AvgIpc) is 2.35. The van der Waals surface area contributed by atoms with Gasteiger partial charge in [0.1, 0.15) is 5.75 Å². The van der Waals surface area contributed by atoms with Crippen LogP contribution in [0.25, 0.3) is 0 Å². The fourth-order valence-electron chi connectivity index (χ4n) is 1.59. The van der Waals surface area contributed by atoms with Crippen LogP contribution in [0.3, 0.4) is 0 Å². The number of hydrogen-bond acceptors (Lipinski definition) is 2. The zero-order valence-electron chi connectivity index (χ0n) is 9.56. The highest BCUT2D eigenvalue weighted by Crippen LogP contribution is 2.22. The number of phenolic OH excluding ortho intramolecular Hbond substituents is 1. The van der Waals surface area contributed by atoms with Gasteiger partial charge in [-0.3, -0.25) is 4.79 Å². The number of anilines is 1. The summed E-state index contributed by atoms with van der Waals surface area (Å²) < 4.78 is 0. The zero-order valence-corrected chi connectivity index (χ0v) is 10.3. The summed E-state index contributed by atoms with van der Waals surface area (Å²) in [5.74, 6) is -0.172. The number of para-hydroxylation sites is 2. The van der Waals surface area contributed by atoms with Crippen molar-refractivity contribution in [2.24, 2.45) is 0 Å². The fourth-order valence-corrected chi connectivity index (χ4v) is 1.79. The summed E-state index contributed by atoms with van der Waals surface area (Å²) in [4.78, 5) is 11.8. The lowest BCUT2D eigenvalue weighted by Crippen LogP contribution is -2.14. The molecule has 3 nitrogen and oxygen atoms in total. The first kappa shape index (κ1) is 12.5. The summed E-state index contributed by atoms with van der Waals surface area (Å²) in [6.45, 7) is 0. The minimum atomic E-state index is -0.218. The second-order valence-corrected chi connectivity index (χ2v) is 4.24. The standard InChI is InChI=1S/C14H12ClNO2/c15-11-6-2-1-5-10(11)9-14(18)16-12-7-3-4-8-13(12)17/h1-8,17H,9H2,(H,16,18).